The van der Waals surface area contributed by atoms with Crippen LogP contribution < -0.4 is 4.74 Å². The van der Waals surface area contributed by atoms with E-state index in [1.807, 2.05) is 30.3 Å². The second-order valence-corrected chi connectivity index (χ2v) is 7.43. The van der Waals surface area contributed by atoms with Gasteiger partial charge in [-0.15, -0.1) is 10.2 Å². The molecule has 2 aromatic carbocycles. The van der Waals surface area contributed by atoms with Gasteiger partial charge in [0.1, 0.15) is 12.4 Å². The molecule has 0 N–H and O–H groups in total. The molecule has 0 aliphatic rings. The van der Waals surface area contributed by atoms with E-state index >= 15 is 0 Å². The number of hydrogen-bond acceptors (Lipinski definition) is 4. The van der Waals surface area contributed by atoms with Crippen molar-refractivity contribution in [3.63, 3.8) is 0 Å². The molecule has 0 aliphatic carbocycles. The first kappa shape index (κ1) is 18.8. The number of halogens is 1. The van der Waals surface area contributed by atoms with E-state index in [-0.39, 0.29) is 0 Å². The van der Waals surface area contributed by atoms with Gasteiger partial charge in [-0.05, 0) is 44.0 Å². The van der Waals surface area contributed by atoms with E-state index in [1.54, 1.807) is 11.8 Å². The van der Waals surface area contributed by atoms with Crippen molar-refractivity contribution in [2.24, 2.45) is 0 Å². The van der Waals surface area contributed by atoms with Gasteiger partial charge in [0.15, 0.2) is 11.0 Å². The zero-order chi connectivity index (χ0) is 18.5. The molecular weight excluding hydrogens is 366 g/mol. The summed E-state index contributed by atoms with van der Waals surface area (Å²) in [6, 6.07) is 14.0. The third-order valence-electron chi connectivity index (χ3n) is 4.11. The van der Waals surface area contributed by atoms with Crippen LogP contribution in [0.25, 0.3) is 0 Å². The van der Waals surface area contributed by atoms with Crippen molar-refractivity contribution in [1.29, 1.82) is 0 Å². The average Bonchev–Trinajstić information content (AvgIpc) is 3.02. The predicted molar refractivity (Wildman–Crippen MR) is 107 cm³/mol. The van der Waals surface area contributed by atoms with Crippen LogP contribution in [0.15, 0.2) is 47.6 Å². The van der Waals surface area contributed by atoms with Crippen LogP contribution in [-0.2, 0) is 18.9 Å². The van der Waals surface area contributed by atoms with Gasteiger partial charge in [-0.3, -0.25) is 0 Å². The molecule has 1 heterocycles. The molecule has 136 valence electrons. The molecule has 0 saturated heterocycles. The Morgan fingerprint density at radius 3 is 2.65 bits per heavy atom. The highest BCUT2D eigenvalue weighted by Crippen LogP contribution is 2.26. The van der Waals surface area contributed by atoms with Crippen LogP contribution in [0.5, 0.6) is 5.75 Å². The number of aryl methyl sites for hydroxylation is 2. The number of ether oxygens (including phenoxy) is 1. The molecule has 0 radical (unpaired) electrons. The number of nitrogens with zero attached hydrogens (tertiary/aromatic N) is 3. The summed E-state index contributed by atoms with van der Waals surface area (Å²) >= 11 is 7.87. The fourth-order valence-electron chi connectivity index (χ4n) is 2.71. The van der Waals surface area contributed by atoms with Crippen molar-refractivity contribution in [3.05, 3.63) is 70.0 Å². The third-order valence-corrected chi connectivity index (χ3v) is 5.50. The Balaban J connectivity index is 1.68. The minimum atomic E-state index is 0.400. The standard InChI is InChI=1S/C20H22ClN3OS/c1-4-24-19(12-25-18-10-9-14(2)11-15(18)3)22-23-20(24)26-13-16-7-5-6-8-17(16)21/h5-11H,4,12-13H2,1-3H3. The van der Waals surface area contributed by atoms with Gasteiger partial charge < -0.3 is 9.30 Å². The first-order chi connectivity index (χ1) is 12.6. The normalized spacial score (nSPS) is 10.9. The van der Waals surface area contributed by atoms with E-state index in [0.717, 1.165) is 45.2 Å². The smallest absolute Gasteiger partial charge is 0.191 e. The minimum Gasteiger partial charge on any atom is -0.485 e. The summed E-state index contributed by atoms with van der Waals surface area (Å²) in [5, 5.41) is 10.3. The van der Waals surface area contributed by atoms with E-state index in [4.69, 9.17) is 16.3 Å². The Kier molecular flexibility index (Phi) is 6.22. The van der Waals surface area contributed by atoms with Crippen LogP contribution in [0, 0.1) is 13.8 Å². The van der Waals surface area contributed by atoms with Gasteiger partial charge in [-0.1, -0.05) is 59.3 Å². The largest absolute Gasteiger partial charge is 0.485 e. The predicted octanol–water partition coefficient (Wildman–Crippen LogP) is 5.44. The average molecular weight is 388 g/mol. The monoisotopic (exact) mass is 387 g/mol. The molecule has 0 bridgehead atoms. The fraction of sp³-hybridized carbons (Fsp3) is 0.300. The van der Waals surface area contributed by atoms with Crippen molar-refractivity contribution < 1.29 is 4.74 Å². The Labute approximate surface area is 163 Å². The van der Waals surface area contributed by atoms with E-state index in [0.29, 0.717) is 6.61 Å². The maximum Gasteiger partial charge on any atom is 0.191 e. The summed E-state index contributed by atoms with van der Waals surface area (Å²) in [6.07, 6.45) is 0. The second kappa shape index (κ2) is 8.60. The molecule has 6 heteroatoms. The lowest BCUT2D eigenvalue weighted by Crippen LogP contribution is -2.07. The molecule has 0 atom stereocenters. The summed E-state index contributed by atoms with van der Waals surface area (Å²) in [5.41, 5.74) is 3.45. The van der Waals surface area contributed by atoms with Crippen LogP contribution >= 0.6 is 23.4 Å². The minimum absolute atomic E-state index is 0.400. The molecular formula is C20H22ClN3OS. The highest BCUT2D eigenvalue weighted by atomic mass is 35.5. The van der Waals surface area contributed by atoms with Crippen LogP contribution in [0.4, 0.5) is 0 Å². The highest BCUT2D eigenvalue weighted by Gasteiger charge is 2.13. The Bertz CT molecular complexity index is 895. The molecule has 0 amide bonds. The van der Waals surface area contributed by atoms with Gasteiger partial charge in [0.05, 0.1) is 0 Å². The van der Waals surface area contributed by atoms with Crippen molar-refractivity contribution in [1.82, 2.24) is 14.8 Å². The molecule has 0 spiro atoms. The molecule has 4 nitrogen and oxygen atoms in total. The number of hydrogen-bond donors (Lipinski definition) is 0. The number of aromatic nitrogens is 3. The Hall–Kier alpha value is -1.98. The van der Waals surface area contributed by atoms with Gasteiger partial charge in [0.25, 0.3) is 0 Å². The fourth-order valence-corrected chi connectivity index (χ4v) is 4.02. The van der Waals surface area contributed by atoms with Gasteiger partial charge in [-0.2, -0.15) is 0 Å². The number of benzene rings is 2. The summed E-state index contributed by atoms with van der Waals surface area (Å²) in [7, 11) is 0. The molecule has 26 heavy (non-hydrogen) atoms. The number of thioether (sulfide) groups is 1. The molecule has 0 unspecified atom stereocenters. The first-order valence-corrected chi connectivity index (χ1v) is 9.93. The topological polar surface area (TPSA) is 39.9 Å². The SMILES string of the molecule is CCn1c(COc2ccc(C)cc2C)nnc1SCc1ccccc1Cl. The summed E-state index contributed by atoms with van der Waals surface area (Å²) in [6.45, 7) is 7.41. The molecule has 3 aromatic rings. The Morgan fingerprint density at radius 1 is 1.12 bits per heavy atom. The maximum atomic E-state index is 6.24. The lowest BCUT2D eigenvalue weighted by Gasteiger charge is -2.11. The molecule has 0 aliphatic heterocycles. The van der Waals surface area contributed by atoms with Crippen molar-refractivity contribution in [2.75, 3.05) is 0 Å². The van der Waals surface area contributed by atoms with Crippen molar-refractivity contribution in [3.8, 4) is 5.75 Å². The lowest BCUT2D eigenvalue weighted by atomic mass is 10.1. The molecule has 3 rings (SSSR count). The number of rotatable bonds is 7. The van der Waals surface area contributed by atoms with Crippen LogP contribution in [0.1, 0.15) is 29.4 Å². The van der Waals surface area contributed by atoms with Crippen molar-refractivity contribution in [2.45, 2.75) is 44.8 Å². The van der Waals surface area contributed by atoms with Crippen LogP contribution in [-0.4, -0.2) is 14.8 Å². The van der Waals surface area contributed by atoms with E-state index in [1.165, 1.54) is 5.56 Å². The first-order valence-electron chi connectivity index (χ1n) is 8.56. The quantitative estimate of drug-likeness (QED) is 0.506. The van der Waals surface area contributed by atoms with Crippen molar-refractivity contribution >= 4 is 23.4 Å². The summed E-state index contributed by atoms with van der Waals surface area (Å²) < 4.78 is 8.05. The molecule has 0 fully saturated rings. The van der Waals surface area contributed by atoms with Gasteiger partial charge >= 0.3 is 0 Å². The second-order valence-electron chi connectivity index (χ2n) is 6.08. The Morgan fingerprint density at radius 2 is 1.92 bits per heavy atom. The summed E-state index contributed by atoms with van der Waals surface area (Å²) in [4.78, 5) is 0. The lowest BCUT2D eigenvalue weighted by molar-refractivity contribution is 0.286. The third kappa shape index (κ3) is 4.40. The summed E-state index contributed by atoms with van der Waals surface area (Å²) in [5.74, 6) is 2.47. The van der Waals surface area contributed by atoms with Crippen LogP contribution in [0.3, 0.4) is 0 Å². The van der Waals surface area contributed by atoms with Gasteiger partial charge in [0.2, 0.25) is 0 Å². The van der Waals surface area contributed by atoms with Gasteiger partial charge in [0, 0.05) is 17.3 Å². The zero-order valence-corrected chi connectivity index (χ0v) is 16.8. The van der Waals surface area contributed by atoms with Crippen LogP contribution in [0.2, 0.25) is 5.02 Å². The highest BCUT2D eigenvalue weighted by molar-refractivity contribution is 7.98. The maximum absolute atomic E-state index is 6.24. The molecule has 1 aromatic heterocycles. The van der Waals surface area contributed by atoms with E-state index in [2.05, 4.69) is 47.7 Å². The molecule has 0 saturated carbocycles. The van der Waals surface area contributed by atoms with E-state index < -0.39 is 0 Å². The van der Waals surface area contributed by atoms with Gasteiger partial charge in [-0.25, -0.2) is 0 Å². The van der Waals surface area contributed by atoms with E-state index in [9.17, 15) is 0 Å². The zero-order valence-electron chi connectivity index (χ0n) is 15.2.